The molecule has 2 fully saturated rings. The van der Waals surface area contributed by atoms with E-state index in [9.17, 15) is 4.79 Å². The Balaban J connectivity index is 2.07. The smallest absolute Gasteiger partial charge is 0.236 e. The molecule has 1 saturated carbocycles. The van der Waals surface area contributed by atoms with E-state index < -0.39 is 5.41 Å². The van der Waals surface area contributed by atoms with E-state index in [-0.39, 0.29) is 11.7 Å². The fraction of sp³-hybridized carbons (Fsp3) is 0.867. The lowest BCUT2D eigenvalue weighted by atomic mass is 9.61. The van der Waals surface area contributed by atoms with Gasteiger partial charge in [0.15, 0.2) is 5.84 Å². The van der Waals surface area contributed by atoms with Gasteiger partial charge in [0.25, 0.3) is 0 Å². The molecule has 3 N–H and O–H groups in total. The van der Waals surface area contributed by atoms with Crippen molar-refractivity contribution in [3.05, 3.63) is 0 Å². The minimum absolute atomic E-state index is 0.0468. The summed E-state index contributed by atoms with van der Waals surface area (Å²) < 4.78 is 0. The summed E-state index contributed by atoms with van der Waals surface area (Å²) in [6, 6.07) is 0.436. The highest BCUT2D eigenvalue weighted by atomic mass is 16.4. The maximum absolute atomic E-state index is 12.9. The molecular formula is C15H28N4O2. The van der Waals surface area contributed by atoms with Crippen LogP contribution in [0.15, 0.2) is 5.16 Å². The van der Waals surface area contributed by atoms with Gasteiger partial charge in [-0.2, -0.15) is 0 Å². The lowest BCUT2D eigenvalue weighted by molar-refractivity contribution is -0.143. The van der Waals surface area contributed by atoms with Crippen LogP contribution in [0.25, 0.3) is 0 Å². The SMILES string of the molecule is CCN(CC)C1CCN(C(=O)C2(C(N)=NO)CC(C)C2)C1. The van der Waals surface area contributed by atoms with E-state index in [1.165, 1.54) is 0 Å². The Labute approximate surface area is 127 Å². The molecule has 6 heteroatoms. The molecule has 0 radical (unpaired) electrons. The summed E-state index contributed by atoms with van der Waals surface area (Å²) in [7, 11) is 0. The van der Waals surface area contributed by atoms with Gasteiger partial charge in [0.05, 0.1) is 0 Å². The van der Waals surface area contributed by atoms with Gasteiger partial charge in [0.1, 0.15) is 5.41 Å². The summed E-state index contributed by atoms with van der Waals surface area (Å²) in [5, 5.41) is 12.1. The van der Waals surface area contributed by atoms with Crippen molar-refractivity contribution in [2.45, 2.75) is 46.1 Å². The van der Waals surface area contributed by atoms with E-state index in [0.29, 0.717) is 24.8 Å². The zero-order valence-electron chi connectivity index (χ0n) is 13.4. The van der Waals surface area contributed by atoms with Crippen LogP contribution in [-0.4, -0.2) is 59.0 Å². The second-order valence-corrected chi connectivity index (χ2v) is 6.50. The summed E-state index contributed by atoms with van der Waals surface area (Å²) in [6.07, 6.45) is 2.39. The molecule has 1 amide bonds. The Hall–Kier alpha value is -1.30. The number of nitrogens with two attached hydrogens (primary N) is 1. The maximum atomic E-state index is 12.9. The molecule has 1 heterocycles. The molecular weight excluding hydrogens is 268 g/mol. The first-order valence-electron chi connectivity index (χ1n) is 7.99. The highest BCUT2D eigenvalue weighted by Gasteiger charge is 2.54. The number of hydrogen-bond acceptors (Lipinski definition) is 4. The molecule has 120 valence electrons. The molecule has 0 aromatic heterocycles. The third-order valence-corrected chi connectivity index (χ3v) is 5.18. The summed E-state index contributed by atoms with van der Waals surface area (Å²) in [5.74, 6) is 0.581. The number of amidine groups is 1. The summed E-state index contributed by atoms with van der Waals surface area (Å²) in [5.41, 5.74) is 5.08. The van der Waals surface area contributed by atoms with Crippen LogP contribution in [-0.2, 0) is 4.79 Å². The summed E-state index contributed by atoms with van der Waals surface area (Å²) >= 11 is 0. The molecule has 6 nitrogen and oxygen atoms in total. The third-order valence-electron chi connectivity index (χ3n) is 5.18. The van der Waals surface area contributed by atoms with Crippen molar-refractivity contribution >= 4 is 11.7 Å². The quantitative estimate of drug-likeness (QED) is 0.344. The van der Waals surface area contributed by atoms with Crippen LogP contribution in [0.1, 0.15) is 40.0 Å². The van der Waals surface area contributed by atoms with Crippen LogP contribution in [0.3, 0.4) is 0 Å². The summed E-state index contributed by atoms with van der Waals surface area (Å²) in [6.45, 7) is 9.94. The average molecular weight is 296 g/mol. The first kappa shape index (κ1) is 16.1. The molecule has 1 aliphatic carbocycles. The number of carbonyl (C=O) groups is 1. The van der Waals surface area contributed by atoms with Gasteiger partial charge in [0, 0.05) is 19.1 Å². The number of oxime groups is 1. The van der Waals surface area contributed by atoms with Crippen LogP contribution in [0.5, 0.6) is 0 Å². The molecule has 0 aromatic rings. The monoisotopic (exact) mass is 296 g/mol. The zero-order valence-corrected chi connectivity index (χ0v) is 13.4. The number of likely N-dealkylation sites (N-methyl/N-ethyl adjacent to an activating group) is 1. The Morgan fingerprint density at radius 3 is 2.52 bits per heavy atom. The van der Waals surface area contributed by atoms with Crippen molar-refractivity contribution in [1.82, 2.24) is 9.80 Å². The van der Waals surface area contributed by atoms with Crippen molar-refractivity contribution < 1.29 is 10.0 Å². The van der Waals surface area contributed by atoms with Crippen molar-refractivity contribution in [2.75, 3.05) is 26.2 Å². The Kier molecular flexibility index (Phi) is 4.76. The molecule has 1 saturated heterocycles. The molecule has 2 aliphatic rings. The topological polar surface area (TPSA) is 82.2 Å². The lowest BCUT2D eigenvalue weighted by Crippen LogP contribution is -2.57. The number of hydrogen-bond donors (Lipinski definition) is 2. The van der Waals surface area contributed by atoms with Crippen molar-refractivity contribution in [3.63, 3.8) is 0 Å². The fourth-order valence-electron chi connectivity index (χ4n) is 3.99. The van der Waals surface area contributed by atoms with E-state index in [2.05, 4.69) is 30.8 Å². The Bertz CT molecular complexity index is 414. The molecule has 0 aromatic carbocycles. The molecule has 2 rings (SSSR count). The standard InChI is InChI=1S/C15H28N4O2/c1-4-18(5-2)12-6-7-19(10-12)14(20)15(13(16)17-21)8-11(3)9-15/h11-12,21H,4-10H2,1-3H3,(H2,16,17). The summed E-state index contributed by atoms with van der Waals surface area (Å²) in [4.78, 5) is 17.2. The second kappa shape index (κ2) is 6.22. The minimum Gasteiger partial charge on any atom is -0.409 e. The van der Waals surface area contributed by atoms with E-state index in [1.807, 2.05) is 4.90 Å². The van der Waals surface area contributed by atoms with Gasteiger partial charge in [-0.25, -0.2) is 0 Å². The average Bonchev–Trinajstić information content (AvgIpc) is 2.93. The third kappa shape index (κ3) is 2.73. The van der Waals surface area contributed by atoms with E-state index in [0.717, 1.165) is 32.6 Å². The predicted octanol–water partition coefficient (Wildman–Crippen LogP) is 1.09. The largest absolute Gasteiger partial charge is 0.409 e. The number of rotatable bonds is 5. The first-order valence-corrected chi connectivity index (χ1v) is 7.99. The van der Waals surface area contributed by atoms with Gasteiger partial charge < -0.3 is 15.8 Å². The van der Waals surface area contributed by atoms with E-state index in [1.54, 1.807) is 0 Å². The number of carbonyl (C=O) groups excluding carboxylic acids is 1. The second-order valence-electron chi connectivity index (χ2n) is 6.50. The van der Waals surface area contributed by atoms with Gasteiger partial charge >= 0.3 is 0 Å². The van der Waals surface area contributed by atoms with Crippen LogP contribution in [0.4, 0.5) is 0 Å². The Morgan fingerprint density at radius 1 is 1.43 bits per heavy atom. The molecule has 21 heavy (non-hydrogen) atoms. The molecule has 1 atom stereocenters. The minimum atomic E-state index is -0.758. The number of likely N-dealkylation sites (tertiary alicyclic amines) is 1. The predicted molar refractivity (Wildman–Crippen MR) is 82.1 cm³/mol. The zero-order chi connectivity index (χ0) is 15.6. The highest BCUT2D eigenvalue weighted by molar-refractivity contribution is 6.07. The highest BCUT2D eigenvalue weighted by Crippen LogP contribution is 2.47. The molecule has 0 spiro atoms. The van der Waals surface area contributed by atoms with E-state index >= 15 is 0 Å². The molecule has 1 unspecified atom stereocenters. The lowest BCUT2D eigenvalue weighted by Gasteiger charge is -2.45. The van der Waals surface area contributed by atoms with Crippen LogP contribution >= 0.6 is 0 Å². The van der Waals surface area contributed by atoms with Gasteiger partial charge in [-0.05, 0) is 38.3 Å². The van der Waals surface area contributed by atoms with Gasteiger partial charge in [-0.3, -0.25) is 9.69 Å². The van der Waals surface area contributed by atoms with E-state index in [4.69, 9.17) is 10.9 Å². The normalized spacial score (nSPS) is 33.3. The van der Waals surface area contributed by atoms with Crippen LogP contribution < -0.4 is 5.73 Å². The van der Waals surface area contributed by atoms with Gasteiger partial charge in [-0.15, -0.1) is 0 Å². The van der Waals surface area contributed by atoms with Crippen molar-refractivity contribution in [3.8, 4) is 0 Å². The van der Waals surface area contributed by atoms with Crippen molar-refractivity contribution in [1.29, 1.82) is 0 Å². The van der Waals surface area contributed by atoms with Gasteiger partial charge in [-0.1, -0.05) is 25.9 Å². The fourth-order valence-corrected chi connectivity index (χ4v) is 3.99. The van der Waals surface area contributed by atoms with Crippen molar-refractivity contribution in [2.24, 2.45) is 22.2 Å². The maximum Gasteiger partial charge on any atom is 0.236 e. The molecule has 1 aliphatic heterocycles. The van der Waals surface area contributed by atoms with Gasteiger partial charge in [0.2, 0.25) is 5.91 Å². The first-order chi connectivity index (χ1) is 9.98. The molecule has 0 bridgehead atoms. The Morgan fingerprint density at radius 2 is 2.05 bits per heavy atom. The van der Waals surface area contributed by atoms with Crippen LogP contribution in [0.2, 0.25) is 0 Å². The number of nitrogens with zero attached hydrogens (tertiary/aromatic N) is 3. The van der Waals surface area contributed by atoms with Crippen LogP contribution in [0, 0.1) is 11.3 Å². The number of amides is 1.